The van der Waals surface area contributed by atoms with Crippen LogP contribution in [-0.2, 0) is 11.2 Å². The van der Waals surface area contributed by atoms with E-state index in [4.69, 9.17) is 10.5 Å². The Balaban J connectivity index is 1.56. The van der Waals surface area contributed by atoms with E-state index in [0.717, 1.165) is 12.8 Å². The lowest BCUT2D eigenvalue weighted by Gasteiger charge is -2.08. The molecule has 0 fully saturated rings. The van der Waals surface area contributed by atoms with Gasteiger partial charge < -0.3 is 15.8 Å². The normalized spacial score (nSPS) is 10.4. The lowest BCUT2D eigenvalue weighted by molar-refractivity contribution is 0.0943. The van der Waals surface area contributed by atoms with Gasteiger partial charge in [-0.15, -0.1) is 0 Å². The first-order valence-corrected chi connectivity index (χ1v) is 7.52. The van der Waals surface area contributed by atoms with Gasteiger partial charge in [0.1, 0.15) is 0 Å². The van der Waals surface area contributed by atoms with Gasteiger partial charge in [0.25, 0.3) is 5.91 Å². The summed E-state index contributed by atoms with van der Waals surface area (Å²) in [5, 5.41) is 2.85. The molecule has 0 spiro atoms. The molecule has 116 valence electrons. The van der Waals surface area contributed by atoms with Crippen molar-refractivity contribution in [1.82, 2.24) is 5.32 Å². The Morgan fingerprint density at radius 3 is 2.50 bits per heavy atom. The van der Waals surface area contributed by atoms with E-state index < -0.39 is 0 Å². The van der Waals surface area contributed by atoms with Crippen LogP contribution < -0.4 is 11.1 Å². The highest BCUT2D eigenvalue weighted by atomic mass is 16.5. The highest BCUT2D eigenvalue weighted by Crippen LogP contribution is 2.09. The predicted octanol–water partition coefficient (Wildman–Crippen LogP) is 2.65. The van der Waals surface area contributed by atoms with Crippen molar-refractivity contribution in [2.24, 2.45) is 0 Å². The van der Waals surface area contributed by atoms with Crippen molar-refractivity contribution >= 4 is 11.6 Å². The van der Waals surface area contributed by atoms with Crippen LogP contribution in [0.25, 0.3) is 0 Å². The van der Waals surface area contributed by atoms with Gasteiger partial charge in [-0.05, 0) is 30.5 Å². The fourth-order valence-corrected chi connectivity index (χ4v) is 2.11. The van der Waals surface area contributed by atoms with Gasteiger partial charge >= 0.3 is 0 Å². The van der Waals surface area contributed by atoms with Gasteiger partial charge in [-0.1, -0.05) is 42.5 Å². The van der Waals surface area contributed by atoms with E-state index in [1.54, 1.807) is 18.2 Å². The van der Waals surface area contributed by atoms with Crippen molar-refractivity contribution in [2.45, 2.75) is 12.8 Å². The van der Waals surface area contributed by atoms with Crippen molar-refractivity contribution in [2.75, 3.05) is 25.5 Å². The summed E-state index contributed by atoms with van der Waals surface area (Å²) in [6.45, 7) is 1.92. The number of hydrogen-bond donors (Lipinski definition) is 2. The zero-order valence-electron chi connectivity index (χ0n) is 12.6. The Bertz CT molecular complexity index is 585. The first kappa shape index (κ1) is 16.0. The van der Waals surface area contributed by atoms with E-state index in [1.807, 2.05) is 24.3 Å². The molecule has 0 saturated heterocycles. The Morgan fingerprint density at radius 1 is 1.00 bits per heavy atom. The number of nitrogens with one attached hydrogen (secondary N) is 1. The molecule has 0 aliphatic carbocycles. The fraction of sp³-hybridized carbons (Fsp3) is 0.278. The lowest BCUT2D eigenvalue weighted by atomic mass is 10.1. The Labute approximate surface area is 131 Å². The van der Waals surface area contributed by atoms with E-state index in [-0.39, 0.29) is 5.91 Å². The highest BCUT2D eigenvalue weighted by molar-refractivity contribution is 5.98. The van der Waals surface area contributed by atoms with E-state index in [9.17, 15) is 4.79 Å². The summed E-state index contributed by atoms with van der Waals surface area (Å²) < 4.78 is 5.57. The van der Waals surface area contributed by atoms with Crippen LogP contribution in [0.4, 0.5) is 5.69 Å². The number of carbonyl (C=O) groups is 1. The zero-order valence-corrected chi connectivity index (χ0v) is 12.6. The molecule has 0 bridgehead atoms. The summed E-state index contributed by atoms with van der Waals surface area (Å²) in [6, 6.07) is 17.3. The molecule has 0 aliphatic rings. The highest BCUT2D eigenvalue weighted by Gasteiger charge is 2.07. The average Bonchev–Trinajstić information content (AvgIpc) is 2.55. The van der Waals surface area contributed by atoms with Crippen LogP contribution in [0, 0.1) is 0 Å². The maximum Gasteiger partial charge on any atom is 0.253 e. The third-order valence-electron chi connectivity index (χ3n) is 3.33. The second-order valence-electron chi connectivity index (χ2n) is 5.04. The summed E-state index contributed by atoms with van der Waals surface area (Å²) in [5.74, 6) is -0.137. The molecule has 2 rings (SSSR count). The molecule has 0 saturated carbocycles. The number of nitrogens with two attached hydrogens (primary N) is 1. The van der Waals surface area contributed by atoms with Gasteiger partial charge in [-0.3, -0.25) is 4.79 Å². The van der Waals surface area contributed by atoms with Crippen molar-refractivity contribution in [3.63, 3.8) is 0 Å². The van der Waals surface area contributed by atoms with Gasteiger partial charge in [-0.2, -0.15) is 0 Å². The summed E-state index contributed by atoms with van der Waals surface area (Å²) >= 11 is 0. The largest absolute Gasteiger partial charge is 0.398 e. The number of rotatable bonds is 8. The van der Waals surface area contributed by atoms with Gasteiger partial charge in [-0.25, -0.2) is 0 Å². The predicted molar refractivity (Wildman–Crippen MR) is 88.8 cm³/mol. The molecule has 0 aliphatic heterocycles. The van der Waals surface area contributed by atoms with Crippen LogP contribution in [0.15, 0.2) is 54.6 Å². The number of carbonyl (C=O) groups excluding carboxylic acids is 1. The minimum Gasteiger partial charge on any atom is -0.398 e. The van der Waals surface area contributed by atoms with E-state index in [1.165, 1.54) is 5.56 Å². The minimum absolute atomic E-state index is 0.137. The maximum absolute atomic E-state index is 11.9. The van der Waals surface area contributed by atoms with Gasteiger partial charge in [0.05, 0.1) is 12.2 Å². The molecule has 3 N–H and O–H groups in total. The second kappa shape index (κ2) is 8.85. The minimum atomic E-state index is -0.137. The van der Waals surface area contributed by atoms with Crippen LogP contribution in [-0.4, -0.2) is 25.7 Å². The first-order valence-electron chi connectivity index (χ1n) is 7.52. The Hall–Kier alpha value is -2.33. The topological polar surface area (TPSA) is 64.4 Å². The van der Waals surface area contributed by atoms with Gasteiger partial charge in [0.15, 0.2) is 0 Å². The molecule has 0 unspecified atom stereocenters. The maximum atomic E-state index is 11.9. The summed E-state index contributed by atoms with van der Waals surface area (Å²) in [4.78, 5) is 11.9. The molecule has 2 aromatic rings. The molecule has 2 aromatic carbocycles. The number of anilines is 1. The van der Waals surface area contributed by atoms with E-state index >= 15 is 0 Å². The zero-order chi connectivity index (χ0) is 15.6. The third kappa shape index (κ3) is 5.22. The van der Waals surface area contributed by atoms with Crippen molar-refractivity contribution in [3.05, 3.63) is 65.7 Å². The molecule has 1 amide bonds. The molecule has 22 heavy (non-hydrogen) atoms. The molecule has 4 nitrogen and oxygen atoms in total. The van der Waals surface area contributed by atoms with E-state index in [2.05, 4.69) is 17.4 Å². The number of hydrogen-bond acceptors (Lipinski definition) is 3. The van der Waals surface area contributed by atoms with Crippen LogP contribution in [0.2, 0.25) is 0 Å². The van der Waals surface area contributed by atoms with Gasteiger partial charge in [0, 0.05) is 18.8 Å². The molecule has 0 atom stereocenters. The quantitative estimate of drug-likeness (QED) is 0.581. The smallest absolute Gasteiger partial charge is 0.253 e. The van der Waals surface area contributed by atoms with Crippen molar-refractivity contribution < 1.29 is 9.53 Å². The van der Waals surface area contributed by atoms with Crippen LogP contribution in [0.3, 0.4) is 0 Å². The number of nitrogen functional groups attached to an aromatic ring is 1. The van der Waals surface area contributed by atoms with E-state index in [0.29, 0.717) is 31.0 Å². The molecule has 0 radical (unpaired) electrons. The summed E-state index contributed by atoms with van der Waals surface area (Å²) in [6.07, 6.45) is 1.70. The molecule has 0 heterocycles. The Morgan fingerprint density at radius 2 is 1.73 bits per heavy atom. The lowest BCUT2D eigenvalue weighted by Crippen LogP contribution is -2.26. The average molecular weight is 298 g/mol. The number of ether oxygens (including phenoxy) is 1. The monoisotopic (exact) mass is 298 g/mol. The first-order chi connectivity index (χ1) is 10.8. The molecular formula is C18H22N2O2. The SMILES string of the molecule is Nc1ccccc1C(=O)NCCCOCCc1ccccc1. The molecule has 4 heteroatoms. The number of benzene rings is 2. The second-order valence-corrected chi connectivity index (χ2v) is 5.04. The van der Waals surface area contributed by atoms with Crippen LogP contribution in [0.1, 0.15) is 22.3 Å². The standard InChI is InChI=1S/C18H22N2O2/c19-17-10-5-4-9-16(17)18(21)20-12-6-13-22-14-11-15-7-2-1-3-8-15/h1-5,7-10H,6,11-14,19H2,(H,20,21). The fourth-order valence-electron chi connectivity index (χ4n) is 2.11. The molecular weight excluding hydrogens is 276 g/mol. The summed E-state index contributed by atoms with van der Waals surface area (Å²) in [5.41, 5.74) is 8.05. The van der Waals surface area contributed by atoms with Crippen molar-refractivity contribution in [3.8, 4) is 0 Å². The van der Waals surface area contributed by atoms with Crippen LogP contribution in [0.5, 0.6) is 0 Å². The van der Waals surface area contributed by atoms with Gasteiger partial charge in [0.2, 0.25) is 0 Å². The number of amides is 1. The summed E-state index contributed by atoms with van der Waals surface area (Å²) in [7, 11) is 0. The van der Waals surface area contributed by atoms with Crippen LogP contribution >= 0.6 is 0 Å². The third-order valence-corrected chi connectivity index (χ3v) is 3.33. The molecule has 0 aromatic heterocycles. The Kier molecular flexibility index (Phi) is 6.45. The van der Waals surface area contributed by atoms with Crippen molar-refractivity contribution in [1.29, 1.82) is 0 Å². The number of para-hydroxylation sites is 1.